The van der Waals surface area contributed by atoms with Gasteiger partial charge < -0.3 is 10.6 Å². The zero-order valence-corrected chi connectivity index (χ0v) is 11.4. The Hall–Kier alpha value is -0.870. The molecule has 0 saturated carbocycles. The third kappa shape index (κ3) is 2.59. The summed E-state index contributed by atoms with van der Waals surface area (Å²) in [5.41, 5.74) is 1.41. The largest absolute Gasteiger partial charge is 0.351 e. The topological polar surface area (TPSA) is 41.1 Å². The van der Waals surface area contributed by atoms with Crippen LogP contribution in [0.1, 0.15) is 39.4 Å². The number of hydrogen-bond donors (Lipinski definition) is 2. The van der Waals surface area contributed by atoms with Crippen LogP contribution in [-0.2, 0) is 12.8 Å². The van der Waals surface area contributed by atoms with Crippen LogP contribution in [0.4, 0.5) is 0 Å². The van der Waals surface area contributed by atoms with E-state index in [0.717, 1.165) is 43.3 Å². The molecule has 0 aromatic carbocycles. The molecule has 2 heterocycles. The van der Waals surface area contributed by atoms with E-state index in [1.165, 1.54) is 29.7 Å². The number of nitrogens with one attached hydrogen (secondary N) is 2. The Morgan fingerprint density at radius 1 is 1.50 bits per heavy atom. The van der Waals surface area contributed by atoms with E-state index in [9.17, 15) is 4.79 Å². The van der Waals surface area contributed by atoms with Gasteiger partial charge in [0, 0.05) is 11.4 Å². The predicted molar refractivity (Wildman–Crippen MR) is 74.3 cm³/mol. The zero-order valence-electron chi connectivity index (χ0n) is 10.6. The second kappa shape index (κ2) is 5.41. The molecule has 3 nitrogen and oxygen atoms in total. The van der Waals surface area contributed by atoms with Crippen LogP contribution in [-0.4, -0.2) is 25.5 Å². The maximum Gasteiger partial charge on any atom is 0.261 e. The summed E-state index contributed by atoms with van der Waals surface area (Å²) >= 11 is 1.69. The molecule has 1 aromatic heterocycles. The van der Waals surface area contributed by atoms with Crippen LogP contribution in [0, 0.1) is 5.92 Å². The average Bonchev–Trinajstić information content (AvgIpc) is 3.04. The molecule has 18 heavy (non-hydrogen) atoms. The minimum absolute atomic E-state index is 0.125. The highest BCUT2D eigenvalue weighted by Gasteiger charge is 2.19. The minimum atomic E-state index is 0.125. The molecule has 1 aliphatic carbocycles. The minimum Gasteiger partial charge on any atom is -0.351 e. The quantitative estimate of drug-likeness (QED) is 0.873. The van der Waals surface area contributed by atoms with E-state index in [4.69, 9.17) is 0 Å². The molecule has 0 spiro atoms. The van der Waals surface area contributed by atoms with E-state index in [0.29, 0.717) is 0 Å². The molecule has 1 atom stereocenters. The number of aryl methyl sites for hydroxylation is 2. The highest BCUT2D eigenvalue weighted by atomic mass is 32.1. The lowest BCUT2D eigenvalue weighted by Gasteiger charge is -2.08. The number of thiophene rings is 1. The lowest BCUT2D eigenvalue weighted by atomic mass is 10.1. The number of rotatable bonds is 4. The van der Waals surface area contributed by atoms with Gasteiger partial charge in [0.2, 0.25) is 0 Å². The molecule has 2 aliphatic rings. The van der Waals surface area contributed by atoms with Crippen molar-refractivity contribution in [3.05, 3.63) is 21.4 Å². The molecule has 2 N–H and O–H groups in total. The van der Waals surface area contributed by atoms with Crippen LogP contribution in [0.2, 0.25) is 0 Å². The summed E-state index contributed by atoms with van der Waals surface area (Å²) in [7, 11) is 0. The summed E-state index contributed by atoms with van der Waals surface area (Å²) in [4.78, 5) is 14.3. The van der Waals surface area contributed by atoms with Gasteiger partial charge in [0.15, 0.2) is 0 Å². The van der Waals surface area contributed by atoms with Crippen molar-refractivity contribution >= 4 is 17.2 Å². The zero-order chi connectivity index (χ0) is 12.4. The van der Waals surface area contributed by atoms with Crippen molar-refractivity contribution in [1.82, 2.24) is 10.6 Å². The Kier molecular flexibility index (Phi) is 3.66. The number of carbonyl (C=O) groups excluding carboxylic acids is 1. The van der Waals surface area contributed by atoms with Crippen molar-refractivity contribution in [2.45, 2.75) is 32.1 Å². The molecule has 4 heteroatoms. The lowest BCUT2D eigenvalue weighted by Crippen LogP contribution is -2.25. The van der Waals surface area contributed by atoms with Crippen LogP contribution in [0.25, 0.3) is 0 Å². The molecule has 1 amide bonds. The Labute approximate surface area is 112 Å². The van der Waals surface area contributed by atoms with Gasteiger partial charge in [-0.15, -0.1) is 11.3 Å². The number of amides is 1. The molecule has 3 rings (SSSR count). The fraction of sp³-hybridized carbons (Fsp3) is 0.643. The maximum atomic E-state index is 12.0. The molecule has 1 fully saturated rings. The first-order valence-corrected chi connectivity index (χ1v) is 7.75. The molecule has 98 valence electrons. The predicted octanol–water partition coefficient (Wildman–Crippen LogP) is 1.97. The monoisotopic (exact) mass is 264 g/mol. The van der Waals surface area contributed by atoms with E-state index in [1.54, 1.807) is 11.3 Å². The summed E-state index contributed by atoms with van der Waals surface area (Å²) < 4.78 is 0. The molecule has 1 saturated heterocycles. The van der Waals surface area contributed by atoms with Crippen LogP contribution >= 0.6 is 11.3 Å². The van der Waals surface area contributed by atoms with Crippen molar-refractivity contribution < 1.29 is 4.79 Å². The Balaban J connectivity index is 1.48. The molecule has 1 aliphatic heterocycles. The molecule has 1 aromatic rings. The van der Waals surface area contributed by atoms with Crippen LogP contribution in [0.3, 0.4) is 0 Å². The summed E-state index contributed by atoms with van der Waals surface area (Å²) in [5, 5.41) is 6.42. The molecule has 1 unspecified atom stereocenters. The second-order valence-corrected chi connectivity index (χ2v) is 6.45. The second-order valence-electron chi connectivity index (χ2n) is 5.32. The fourth-order valence-electron chi connectivity index (χ4n) is 2.88. The lowest BCUT2D eigenvalue weighted by molar-refractivity contribution is 0.0955. The summed E-state index contributed by atoms with van der Waals surface area (Å²) in [6, 6.07) is 2.10. The third-order valence-corrected chi connectivity index (χ3v) is 5.21. The van der Waals surface area contributed by atoms with Gasteiger partial charge >= 0.3 is 0 Å². The molecule has 0 radical (unpaired) electrons. The van der Waals surface area contributed by atoms with Crippen LogP contribution in [0.5, 0.6) is 0 Å². The van der Waals surface area contributed by atoms with Crippen LogP contribution < -0.4 is 10.6 Å². The Morgan fingerprint density at radius 3 is 3.22 bits per heavy atom. The molecule has 0 bridgehead atoms. The number of hydrogen-bond acceptors (Lipinski definition) is 3. The highest BCUT2D eigenvalue weighted by molar-refractivity contribution is 7.14. The van der Waals surface area contributed by atoms with Crippen LogP contribution in [0.15, 0.2) is 6.07 Å². The summed E-state index contributed by atoms with van der Waals surface area (Å²) in [5.74, 6) is 0.874. The fourth-order valence-corrected chi connectivity index (χ4v) is 4.05. The SMILES string of the molecule is O=C(NCCC1CCNC1)c1cc2c(s1)CCC2. The summed E-state index contributed by atoms with van der Waals surface area (Å²) in [6.07, 6.45) is 5.94. The van der Waals surface area contributed by atoms with Gasteiger partial charge in [-0.25, -0.2) is 0 Å². The van der Waals surface area contributed by atoms with Crippen molar-refractivity contribution in [3.8, 4) is 0 Å². The molecular weight excluding hydrogens is 244 g/mol. The van der Waals surface area contributed by atoms with Gasteiger partial charge in [-0.2, -0.15) is 0 Å². The number of fused-ring (bicyclic) bond motifs is 1. The van der Waals surface area contributed by atoms with E-state index < -0.39 is 0 Å². The Morgan fingerprint density at radius 2 is 2.44 bits per heavy atom. The van der Waals surface area contributed by atoms with Gasteiger partial charge in [0.25, 0.3) is 5.91 Å². The van der Waals surface area contributed by atoms with Gasteiger partial charge in [0.1, 0.15) is 0 Å². The van der Waals surface area contributed by atoms with Gasteiger partial charge in [-0.1, -0.05) is 0 Å². The molecular formula is C14H20N2OS. The average molecular weight is 264 g/mol. The first-order valence-electron chi connectivity index (χ1n) is 6.93. The van der Waals surface area contributed by atoms with Gasteiger partial charge in [-0.05, 0) is 62.7 Å². The first kappa shape index (κ1) is 12.2. The van der Waals surface area contributed by atoms with E-state index >= 15 is 0 Å². The van der Waals surface area contributed by atoms with Crippen molar-refractivity contribution in [2.24, 2.45) is 5.92 Å². The van der Waals surface area contributed by atoms with Gasteiger partial charge in [0.05, 0.1) is 4.88 Å². The summed E-state index contributed by atoms with van der Waals surface area (Å²) in [6.45, 7) is 3.06. The van der Waals surface area contributed by atoms with E-state index in [2.05, 4.69) is 16.7 Å². The van der Waals surface area contributed by atoms with Crippen molar-refractivity contribution in [3.63, 3.8) is 0 Å². The standard InChI is InChI=1S/C14H20N2OS/c17-14(16-7-5-10-4-6-15-9-10)13-8-11-2-1-3-12(11)18-13/h8,10,15H,1-7,9H2,(H,16,17). The normalized spacial score (nSPS) is 22.1. The Bertz CT molecular complexity index is 414. The third-order valence-electron chi connectivity index (χ3n) is 3.97. The highest BCUT2D eigenvalue weighted by Crippen LogP contribution is 2.30. The first-order chi connectivity index (χ1) is 8.83. The van der Waals surface area contributed by atoms with E-state index in [1.807, 2.05) is 0 Å². The van der Waals surface area contributed by atoms with E-state index in [-0.39, 0.29) is 5.91 Å². The van der Waals surface area contributed by atoms with Gasteiger partial charge in [-0.3, -0.25) is 4.79 Å². The maximum absolute atomic E-state index is 12.0. The smallest absolute Gasteiger partial charge is 0.261 e. The van der Waals surface area contributed by atoms with Crippen molar-refractivity contribution in [2.75, 3.05) is 19.6 Å². The number of carbonyl (C=O) groups is 1. The van der Waals surface area contributed by atoms with Crippen molar-refractivity contribution in [1.29, 1.82) is 0 Å².